The predicted octanol–water partition coefficient (Wildman–Crippen LogP) is 2.42. The number of halogens is 2. The Morgan fingerprint density at radius 1 is 1.42 bits per heavy atom. The van der Waals surface area contributed by atoms with Crippen LogP contribution in [-0.4, -0.2) is 18.5 Å². The summed E-state index contributed by atoms with van der Waals surface area (Å²) >= 11 is 0. The number of hydrogen-bond donors (Lipinski definition) is 1. The van der Waals surface area contributed by atoms with E-state index in [0.29, 0.717) is 0 Å². The van der Waals surface area contributed by atoms with Gasteiger partial charge in [-0.1, -0.05) is 20.8 Å². The highest BCUT2D eigenvalue weighted by atomic mass is 19.3. The fourth-order valence-corrected chi connectivity index (χ4v) is 1.68. The van der Waals surface area contributed by atoms with Crippen LogP contribution in [0, 0.1) is 5.41 Å². The maximum Gasteiger partial charge on any atom is 0.261 e. The molecule has 1 saturated heterocycles. The van der Waals surface area contributed by atoms with Crippen LogP contribution in [0.5, 0.6) is 0 Å². The van der Waals surface area contributed by atoms with Crippen molar-refractivity contribution in [2.45, 2.75) is 45.6 Å². The van der Waals surface area contributed by atoms with Crippen LogP contribution in [0.15, 0.2) is 0 Å². The average Bonchev–Trinajstić information content (AvgIpc) is 2.05. The highest BCUT2D eigenvalue weighted by Gasteiger charge is 2.40. The Balaban J connectivity index is 2.39. The summed E-state index contributed by atoms with van der Waals surface area (Å²) in [6.07, 6.45) is 0.826. The number of alkyl halides is 2. The van der Waals surface area contributed by atoms with E-state index in [4.69, 9.17) is 0 Å². The van der Waals surface area contributed by atoms with Crippen molar-refractivity contribution in [1.29, 1.82) is 0 Å². The van der Waals surface area contributed by atoms with Gasteiger partial charge in [-0.15, -0.1) is 0 Å². The van der Waals surface area contributed by atoms with Crippen molar-refractivity contribution in [3.8, 4) is 0 Å². The third kappa shape index (κ3) is 3.05. The Hall–Kier alpha value is -0.180. The molecule has 1 fully saturated rings. The monoisotopic (exact) mass is 177 g/mol. The standard InChI is InChI=1S/C9H17F2N/c1-8(2,3)4-7-5-9(10,11)6-12-7/h7,12H,4-6H2,1-3H3/t7-/m1/s1. The van der Waals surface area contributed by atoms with Gasteiger partial charge in [0, 0.05) is 12.5 Å². The lowest BCUT2D eigenvalue weighted by molar-refractivity contribution is 0.0200. The van der Waals surface area contributed by atoms with Crippen LogP contribution in [0.25, 0.3) is 0 Å². The molecule has 1 N–H and O–H groups in total. The summed E-state index contributed by atoms with van der Waals surface area (Å²) in [6.45, 7) is 6.08. The Kier molecular flexibility index (Phi) is 2.43. The van der Waals surface area contributed by atoms with E-state index in [0.717, 1.165) is 6.42 Å². The molecule has 1 heterocycles. The lowest BCUT2D eigenvalue weighted by Gasteiger charge is -2.22. The van der Waals surface area contributed by atoms with Crippen LogP contribution in [0.3, 0.4) is 0 Å². The Labute approximate surface area is 72.5 Å². The first-order valence-electron chi connectivity index (χ1n) is 4.40. The molecule has 1 nitrogen and oxygen atoms in total. The molecular weight excluding hydrogens is 160 g/mol. The van der Waals surface area contributed by atoms with E-state index in [1.165, 1.54) is 0 Å². The molecule has 12 heavy (non-hydrogen) atoms. The van der Waals surface area contributed by atoms with Gasteiger partial charge in [-0.25, -0.2) is 8.78 Å². The van der Waals surface area contributed by atoms with Gasteiger partial charge in [-0.2, -0.15) is 0 Å². The van der Waals surface area contributed by atoms with Crippen LogP contribution in [0.1, 0.15) is 33.6 Å². The van der Waals surface area contributed by atoms with Crippen LogP contribution < -0.4 is 5.32 Å². The summed E-state index contributed by atoms with van der Waals surface area (Å²) in [5.74, 6) is -2.48. The maximum absolute atomic E-state index is 12.7. The average molecular weight is 177 g/mol. The van der Waals surface area contributed by atoms with E-state index in [1.807, 2.05) is 0 Å². The molecule has 0 saturated carbocycles. The van der Waals surface area contributed by atoms with Gasteiger partial charge in [0.15, 0.2) is 0 Å². The second kappa shape index (κ2) is 2.95. The van der Waals surface area contributed by atoms with Crippen LogP contribution in [0.4, 0.5) is 8.78 Å². The molecule has 1 rings (SSSR count). The van der Waals surface area contributed by atoms with E-state index in [9.17, 15) is 8.78 Å². The van der Waals surface area contributed by atoms with Gasteiger partial charge in [0.2, 0.25) is 0 Å². The molecule has 0 unspecified atom stereocenters. The summed E-state index contributed by atoms with van der Waals surface area (Å²) in [5, 5.41) is 2.85. The first-order chi connectivity index (χ1) is 5.29. The smallest absolute Gasteiger partial charge is 0.261 e. The third-order valence-electron chi connectivity index (χ3n) is 2.05. The molecule has 0 spiro atoms. The van der Waals surface area contributed by atoms with E-state index >= 15 is 0 Å². The van der Waals surface area contributed by atoms with Gasteiger partial charge in [0.1, 0.15) is 0 Å². The summed E-state index contributed by atoms with van der Waals surface area (Å²) in [7, 11) is 0. The molecule has 0 radical (unpaired) electrons. The minimum atomic E-state index is -2.48. The Morgan fingerprint density at radius 2 is 2.00 bits per heavy atom. The zero-order valence-electron chi connectivity index (χ0n) is 7.95. The maximum atomic E-state index is 12.7. The number of nitrogens with one attached hydrogen (secondary N) is 1. The van der Waals surface area contributed by atoms with Crippen molar-refractivity contribution in [2.24, 2.45) is 5.41 Å². The van der Waals surface area contributed by atoms with Gasteiger partial charge >= 0.3 is 0 Å². The molecule has 0 amide bonds. The quantitative estimate of drug-likeness (QED) is 0.648. The van der Waals surface area contributed by atoms with Crippen molar-refractivity contribution in [3.05, 3.63) is 0 Å². The summed E-state index contributed by atoms with van der Waals surface area (Å²) in [5.41, 5.74) is 0.137. The predicted molar refractivity (Wildman–Crippen MR) is 45.4 cm³/mol. The van der Waals surface area contributed by atoms with Gasteiger partial charge in [0.25, 0.3) is 5.92 Å². The van der Waals surface area contributed by atoms with Crippen LogP contribution in [0.2, 0.25) is 0 Å². The van der Waals surface area contributed by atoms with Crippen molar-refractivity contribution in [3.63, 3.8) is 0 Å². The molecule has 0 aromatic rings. The highest BCUT2D eigenvalue weighted by Crippen LogP contribution is 2.31. The van der Waals surface area contributed by atoms with Crippen molar-refractivity contribution in [2.75, 3.05) is 6.54 Å². The molecule has 0 aromatic heterocycles. The van der Waals surface area contributed by atoms with Crippen LogP contribution >= 0.6 is 0 Å². The second-order valence-corrected chi connectivity index (χ2v) is 4.90. The topological polar surface area (TPSA) is 12.0 Å². The zero-order valence-corrected chi connectivity index (χ0v) is 7.95. The third-order valence-corrected chi connectivity index (χ3v) is 2.05. The molecule has 1 atom stereocenters. The summed E-state index contributed by atoms with van der Waals surface area (Å²) < 4.78 is 25.4. The van der Waals surface area contributed by atoms with Gasteiger partial charge in [0.05, 0.1) is 6.54 Å². The van der Waals surface area contributed by atoms with E-state index in [1.54, 1.807) is 0 Å². The lowest BCUT2D eigenvalue weighted by Crippen LogP contribution is -2.26. The lowest BCUT2D eigenvalue weighted by atomic mass is 9.87. The fraction of sp³-hybridized carbons (Fsp3) is 1.00. The first-order valence-corrected chi connectivity index (χ1v) is 4.40. The molecule has 0 aromatic carbocycles. The van der Waals surface area contributed by atoms with Crippen LogP contribution in [-0.2, 0) is 0 Å². The number of rotatable bonds is 1. The van der Waals surface area contributed by atoms with Gasteiger partial charge < -0.3 is 5.32 Å². The molecule has 3 heteroatoms. The molecule has 1 aliphatic heterocycles. The van der Waals surface area contributed by atoms with E-state index < -0.39 is 5.92 Å². The van der Waals surface area contributed by atoms with E-state index in [2.05, 4.69) is 26.1 Å². The molecular formula is C9H17F2N. The number of hydrogen-bond acceptors (Lipinski definition) is 1. The SMILES string of the molecule is CC(C)(C)C[C@@H]1CC(F)(F)CN1. The van der Waals surface area contributed by atoms with Crippen molar-refractivity contribution < 1.29 is 8.78 Å². The first kappa shape index (κ1) is 9.90. The second-order valence-electron chi connectivity index (χ2n) is 4.90. The van der Waals surface area contributed by atoms with Crippen molar-refractivity contribution in [1.82, 2.24) is 5.32 Å². The van der Waals surface area contributed by atoms with Gasteiger partial charge in [-0.3, -0.25) is 0 Å². The molecule has 0 aliphatic carbocycles. The molecule has 72 valence electrons. The zero-order chi connectivity index (χ0) is 9.41. The molecule has 0 bridgehead atoms. The summed E-state index contributed by atoms with van der Waals surface area (Å²) in [6, 6.07) is -0.000000000000000444. The minimum absolute atomic E-state index is 0.000000000000000444. The minimum Gasteiger partial charge on any atom is -0.308 e. The largest absolute Gasteiger partial charge is 0.308 e. The van der Waals surface area contributed by atoms with E-state index in [-0.39, 0.29) is 24.4 Å². The molecule has 1 aliphatic rings. The highest BCUT2D eigenvalue weighted by molar-refractivity contribution is 4.89. The van der Waals surface area contributed by atoms with Crippen molar-refractivity contribution >= 4 is 0 Å². The summed E-state index contributed by atoms with van der Waals surface area (Å²) in [4.78, 5) is 0. The fourth-order valence-electron chi connectivity index (χ4n) is 1.68. The van der Waals surface area contributed by atoms with Gasteiger partial charge in [-0.05, 0) is 11.8 Å². The normalized spacial score (nSPS) is 29.2. The Morgan fingerprint density at radius 3 is 2.33 bits per heavy atom. The Bertz CT molecular complexity index is 160.